The largest absolute Gasteiger partial charge is 0.396 e. The number of anilines is 2. The first kappa shape index (κ1) is 17.7. The smallest absolute Gasteiger partial charge is 0.148 e. The van der Waals surface area contributed by atoms with Gasteiger partial charge < -0.3 is 15.8 Å². The standard InChI is InChI=1S/C15H29N5O/c1-9(2)11(7-8-21)17-12-10(3)13(20-16)19-14(18-12)15(4,5)6/h9,11,21H,7-8,16H2,1-6H3,(H2,17,18,19,20). The summed E-state index contributed by atoms with van der Waals surface area (Å²) in [5.74, 6) is 8.09. The molecule has 1 heterocycles. The Morgan fingerprint density at radius 2 is 1.76 bits per heavy atom. The van der Waals surface area contributed by atoms with Crippen molar-refractivity contribution in [3.63, 3.8) is 0 Å². The third-order valence-electron chi connectivity index (χ3n) is 3.52. The van der Waals surface area contributed by atoms with Crippen LogP contribution in [0.4, 0.5) is 11.6 Å². The molecule has 0 amide bonds. The van der Waals surface area contributed by atoms with Crippen molar-refractivity contribution in [1.29, 1.82) is 0 Å². The van der Waals surface area contributed by atoms with E-state index in [4.69, 9.17) is 5.84 Å². The molecule has 0 aliphatic heterocycles. The van der Waals surface area contributed by atoms with E-state index in [1.165, 1.54) is 0 Å². The summed E-state index contributed by atoms with van der Waals surface area (Å²) in [5.41, 5.74) is 3.36. The Morgan fingerprint density at radius 1 is 1.19 bits per heavy atom. The molecule has 6 nitrogen and oxygen atoms in total. The third kappa shape index (κ3) is 4.54. The number of nitrogens with zero attached hydrogens (tertiary/aromatic N) is 2. The van der Waals surface area contributed by atoms with Gasteiger partial charge in [-0.05, 0) is 19.3 Å². The van der Waals surface area contributed by atoms with Gasteiger partial charge in [0.25, 0.3) is 0 Å². The number of hydrogen-bond acceptors (Lipinski definition) is 6. The van der Waals surface area contributed by atoms with Crippen LogP contribution in [0.25, 0.3) is 0 Å². The molecule has 1 aromatic heterocycles. The van der Waals surface area contributed by atoms with Crippen molar-refractivity contribution >= 4 is 11.6 Å². The van der Waals surface area contributed by atoms with E-state index in [1.54, 1.807) is 0 Å². The maximum absolute atomic E-state index is 9.21. The minimum Gasteiger partial charge on any atom is -0.396 e. The van der Waals surface area contributed by atoms with E-state index in [2.05, 4.69) is 55.3 Å². The Bertz CT molecular complexity index is 468. The molecule has 0 radical (unpaired) electrons. The molecule has 0 aliphatic rings. The third-order valence-corrected chi connectivity index (χ3v) is 3.52. The Labute approximate surface area is 127 Å². The fraction of sp³-hybridized carbons (Fsp3) is 0.733. The van der Waals surface area contributed by atoms with E-state index in [-0.39, 0.29) is 18.1 Å². The van der Waals surface area contributed by atoms with E-state index < -0.39 is 0 Å². The van der Waals surface area contributed by atoms with Crippen LogP contribution >= 0.6 is 0 Å². The number of nitrogen functional groups attached to an aromatic ring is 1. The van der Waals surface area contributed by atoms with Crippen LogP contribution in [-0.4, -0.2) is 27.7 Å². The monoisotopic (exact) mass is 295 g/mol. The zero-order valence-electron chi connectivity index (χ0n) is 14.0. The molecule has 0 saturated heterocycles. The van der Waals surface area contributed by atoms with E-state index in [9.17, 15) is 5.11 Å². The lowest BCUT2D eigenvalue weighted by Gasteiger charge is -2.26. The van der Waals surface area contributed by atoms with Crippen molar-refractivity contribution in [1.82, 2.24) is 9.97 Å². The van der Waals surface area contributed by atoms with Crippen LogP contribution in [0.1, 0.15) is 52.4 Å². The molecule has 6 heteroatoms. The second kappa shape index (κ2) is 7.04. The lowest BCUT2D eigenvalue weighted by atomic mass is 9.95. The lowest BCUT2D eigenvalue weighted by Crippen LogP contribution is -2.29. The number of nitrogens with one attached hydrogen (secondary N) is 2. The van der Waals surface area contributed by atoms with Crippen molar-refractivity contribution in [3.05, 3.63) is 11.4 Å². The highest BCUT2D eigenvalue weighted by molar-refractivity contribution is 5.57. The zero-order chi connectivity index (χ0) is 16.2. The SMILES string of the molecule is Cc1c(NN)nc(C(C)(C)C)nc1NC(CCO)C(C)C. The summed E-state index contributed by atoms with van der Waals surface area (Å²) >= 11 is 0. The summed E-state index contributed by atoms with van der Waals surface area (Å²) in [6.07, 6.45) is 0.678. The molecule has 1 atom stereocenters. The topological polar surface area (TPSA) is 96.1 Å². The number of hydrogen-bond donors (Lipinski definition) is 4. The van der Waals surface area contributed by atoms with Crippen LogP contribution in [0, 0.1) is 12.8 Å². The van der Waals surface area contributed by atoms with Gasteiger partial charge >= 0.3 is 0 Å². The quantitative estimate of drug-likeness (QED) is 0.474. The maximum atomic E-state index is 9.21. The van der Waals surface area contributed by atoms with Gasteiger partial charge in [0.05, 0.1) is 0 Å². The second-order valence-corrected chi connectivity index (χ2v) is 6.77. The highest BCUT2D eigenvalue weighted by Crippen LogP contribution is 2.27. The van der Waals surface area contributed by atoms with Crippen LogP contribution < -0.4 is 16.6 Å². The van der Waals surface area contributed by atoms with E-state index >= 15 is 0 Å². The van der Waals surface area contributed by atoms with Crippen molar-refractivity contribution in [3.8, 4) is 0 Å². The summed E-state index contributed by atoms with van der Waals surface area (Å²) in [4.78, 5) is 9.14. The minimum atomic E-state index is -0.167. The second-order valence-electron chi connectivity index (χ2n) is 6.77. The van der Waals surface area contributed by atoms with Gasteiger partial charge in [0.2, 0.25) is 0 Å². The fourth-order valence-corrected chi connectivity index (χ4v) is 2.02. The fourth-order valence-electron chi connectivity index (χ4n) is 2.02. The number of aromatic nitrogens is 2. The van der Waals surface area contributed by atoms with Crippen molar-refractivity contribution in [2.75, 3.05) is 17.3 Å². The van der Waals surface area contributed by atoms with Crippen LogP contribution in [0.2, 0.25) is 0 Å². The van der Waals surface area contributed by atoms with Gasteiger partial charge in [0, 0.05) is 23.6 Å². The van der Waals surface area contributed by atoms with E-state index in [1.807, 2.05) is 6.92 Å². The average molecular weight is 295 g/mol. The number of aliphatic hydroxyl groups is 1. The molecule has 0 aliphatic carbocycles. The molecular formula is C15H29N5O. The van der Waals surface area contributed by atoms with Gasteiger partial charge in [0.1, 0.15) is 17.5 Å². The summed E-state index contributed by atoms with van der Waals surface area (Å²) in [7, 11) is 0. The lowest BCUT2D eigenvalue weighted by molar-refractivity contribution is 0.267. The summed E-state index contributed by atoms with van der Waals surface area (Å²) in [5, 5.41) is 12.6. The molecule has 1 unspecified atom stereocenters. The first-order chi connectivity index (χ1) is 9.70. The van der Waals surface area contributed by atoms with Gasteiger partial charge in [-0.1, -0.05) is 34.6 Å². The van der Waals surface area contributed by atoms with Crippen molar-refractivity contribution in [2.45, 2.75) is 59.4 Å². The van der Waals surface area contributed by atoms with Crippen LogP contribution in [0.5, 0.6) is 0 Å². The molecule has 0 bridgehead atoms. The molecule has 120 valence electrons. The van der Waals surface area contributed by atoms with Gasteiger partial charge in [-0.3, -0.25) is 0 Å². The predicted octanol–water partition coefficient (Wildman–Crippen LogP) is 2.19. The summed E-state index contributed by atoms with van der Waals surface area (Å²) in [6.45, 7) is 12.5. The Morgan fingerprint density at radius 3 is 2.19 bits per heavy atom. The normalized spacial score (nSPS) is 13.4. The Hall–Kier alpha value is -1.40. The Balaban J connectivity index is 3.21. The highest BCUT2D eigenvalue weighted by Gasteiger charge is 2.22. The predicted molar refractivity (Wildman–Crippen MR) is 87.2 cm³/mol. The van der Waals surface area contributed by atoms with Gasteiger partial charge in [0.15, 0.2) is 0 Å². The number of hydrazine groups is 1. The van der Waals surface area contributed by atoms with Gasteiger partial charge in [-0.15, -0.1) is 0 Å². The number of nitrogens with two attached hydrogens (primary N) is 1. The van der Waals surface area contributed by atoms with Gasteiger partial charge in [-0.2, -0.15) is 0 Å². The molecule has 1 aromatic rings. The van der Waals surface area contributed by atoms with Crippen LogP contribution in [0.15, 0.2) is 0 Å². The van der Waals surface area contributed by atoms with Crippen LogP contribution in [-0.2, 0) is 5.41 Å². The first-order valence-electron chi connectivity index (χ1n) is 7.43. The van der Waals surface area contributed by atoms with Crippen molar-refractivity contribution < 1.29 is 5.11 Å². The molecule has 0 spiro atoms. The van der Waals surface area contributed by atoms with Crippen LogP contribution in [0.3, 0.4) is 0 Å². The maximum Gasteiger partial charge on any atom is 0.148 e. The minimum absolute atomic E-state index is 0.147. The molecule has 5 N–H and O–H groups in total. The van der Waals surface area contributed by atoms with Crippen molar-refractivity contribution in [2.24, 2.45) is 11.8 Å². The molecule has 1 rings (SSSR count). The first-order valence-corrected chi connectivity index (χ1v) is 7.43. The molecular weight excluding hydrogens is 266 g/mol. The molecule has 0 saturated carbocycles. The number of rotatable bonds is 6. The molecule has 0 aromatic carbocycles. The highest BCUT2D eigenvalue weighted by atomic mass is 16.3. The van der Waals surface area contributed by atoms with E-state index in [0.717, 1.165) is 17.2 Å². The average Bonchev–Trinajstić information content (AvgIpc) is 2.38. The molecule has 21 heavy (non-hydrogen) atoms. The Kier molecular flexibility index (Phi) is 5.92. The van der Waals surface area contributed by atoms with Gasteiger partial charge in [-0.25, -0.2) is 15.8 Å². The summed E-state index contributed by atoms with van der Waals surface area (Å²) < 4.78 is 0. The molecule has 0 fully saturated rings. The van der Waals surface area contributed by atoms with E-state index in [0.29, 0.717) is 18.2 Å². The number of aliphatic hydroxyl groups excluding tert-OH is 1. The summed E-state index contributed by atoms with van der Waals surface area (Å²) in [6, 6.07) is 0.155. The zero-order valence-corrected chi connectivity index (χ0v) is 14.0.